The molecule has 30 heavy (non-hydrogen) atoms. The fraction of sp³-hybridized carbons (Fsp3) is 0.611. The van der Waals surface area contributed by atoms with Gasteiger partial charge in [0.2, 0.25) is 5.95 Å². The van der Waals surface area contributed by atoms with E-state index in [9.17, 15) is 19.5 Å². The lowest BCUT2D eigenvalue weighted by atomic mass is 9.94. The molecule has 3 N–H and O–H groups in total. The van der Waals surface area contributed by atoms with Crippen LogP contribution in [0, 0.1) is 5.92 Å². The van der Waals surface area contributed by atoms with Gasteiger partial charge in [-0.2, -0.15) is 4.98 Å². The number of hydrogen-bond donors (Lipinski definition) is 2. The molecule has 1 saturated heterocycles. The van der Waals surface area contributed by atoms with Crippen molar-refractivity contribution in [2.75, 3.05) is 18.9 Å². The Morgan fingerprint density at radius 3 is 2.80 bits per heavy atom. The number of rotatable bonds is 7. The summed E-state index contributed by atoms with van der Waals surface area (Å²) in [7, 11) is 0. The average Bonchev–Trinajstić information content (AvgIpc) is 3.09. The highest BCUT2D eigenvalue weighted by Crippen LogP contribution is 2.40. The monoisotopic (exact) mass is 440 g/mol. The maximum absolute atomic E-state index is 12.7. The first-order valence-corrected chi connectivity index (χ1v) is 10.1. The van der Waals surface area contributed by atoms with Gasteiger partial charge in [0, 0.05) is 12.8 Å². The zero-order valence-corrected chi connectivity index (χ0v) is 17.8. The predicted molar refractivity (Wildman–Crippen MR) is 107 cm³/mol. The highest BCUT2D eigenvalue weighted by atomic mass is 32.1. The number of nitrogens with zero attached hydrogens (tertiary/aromatic N) is 3. The van der Waals surface area contributed by atoms with Crippen molar-refractivity contribution >= 4 is 39.4 Å². The third-order valence-corrected chi connectivity index (χ3v) is 5.96. The van der Waals surface area contributed by atoms with E-state index >= 15 is 0 Å². The fourth-order valence-corrected chi connectivity index (χ4v) is 3.95. The summed E-state index contributed by atoms with van der Waals surface area (Å²) < 4.78 is 18.6. The number of Topliss-reactive ketones (excluding diaryl/α,β-unsaturated/α-hetero) is 1. The zero-order chi connectivity index (χ0) is 22.2. The van der Waals surface area contributed by atoms with Gasteiger partial charge >= 0.3 is 10.8 Å². The Morgan fingerprint density at radius 2 is 2.17 bits per heavy atom. The molecule has 11 nitrogen and oxygen atoms in total. The SMILES string of the molecule is CC(=O)OC[C@H]1O[C@@H](n2c(=O)sc3cnc(N)nc32)[C@H](OCC(C)C(C)=O)[C@]1(C)O. The van der Waals surface area contributed by atoms with E-state index in [1.165, 1.54) is 31.5 Å². The first-order chi connectivity index (χ1) is 14.0. The van der Waals surface area contributed by atoms with Gasteiger partial charge in [-0.25, -0.2) is 4.98 Å². The Morgan fingerprint density at radius 1 is 1.47 bits per heavy atom. The van der Waals surface area contributed by atoms with Crippen LogP contribution in [0.5, 0.6) is 0 Å². The molecule has 0 spiro atoms. The largest absolute Gasteiger partial charge is 0.463 e. The lowest BCUT2D eigenvalue weighted by Gasteiger charge is -2.30. The van der Waals surface area contributed by atoms with E-state index in [4.69, 9.17) is 19.9 Å². The molecule has 2 aromatic rings. The van der Waals surface area contributed by atoms with Crippen LogP contribution in [0.2, 0.25) is 0 Å². The lowest BCUT2D eigenvalue weighted by molar-refractivity contribution is -0.151. The van der Waals surface area contributed by atoms with Crippen LogP contribution in [0.3, 0.4) is 0 Å². The summed E-state index contributed by atoms with van der Waals surface area (Å²) in [6.45, 7) is 5.60. The number of ether oxygens (including phenoxy) is 3. The van der Waals surface area contributed by atoms with Gasteiger partial charge < -0.3 is 25.1 Å². The molecule has 1 unspecified atom stereocenters. The van der Waals surface area contributed by atoms with Crippen molar-refractivity contribution in [1.82, 2.24) is 14.5 Å². The molecule has 0 saturated carbocycles. The Kier molecular flexibility index (Phi) is 6.22. The lowest BCUT2D eigenvalue weighted by Crippen LogP contribution is -2.49. The smallest absolute Gasteiger partial charge is 0.311 e. The minimum Gasteiger partial charge on any atom is -0.463 e. The Balaban J connectivity index is 2.02. The number of nitrogen functional groups attached to an aromatic ring is 1. The van der Waals surface area contributed by atoms with E-state index < -0.39 is 40.8 Å². The van der Waals surface area contributed by atoms with Crippen molar-refractivity contribution in [2.45, 2.75) is 51.7 Å². The molecule has 12 heteroatoms. The maximum Gasteiger partial charge on any atom is 0.311 e. The number of aliphatic hydroxyl groups is 1. The second-order valence-electron chi connectivity index (χ2n) is 7.46. The van der Waals surface area contributed by atoms with Crippen molar-refractivity contribution < 1.29 is 28.9 Å². The number of esters is 1. The third-order valence-electron chi connectivity index (χ3n) is 5.08. The molecule has 0 radical (unpaired) electrons. The number of carbonyl (C=O) groups excluding carboxylic acids is 2. The molecule has 1 aliphatic heterocycles. The van der Waals surface area contributed by atoms with E-state index in [-0.39, 0.29) is 30.6 Å². The first-order valence-electron chi connectivity index (χ1n) is 9.29. The fourth-order valence-electron chi connectivity index (χ4n) is 3.14. The predicted octanol–water partition coefficient (Wildman–Crippen LogP) is 0.257. The van der Waals surface area contributed by atoms with E-state index in [2.05, 4.69) is 9.97 Å². The molecule has 0 aromatic carbocycles. The van der Waals surface area contributed by atoms with E-state index in [0.29, 0.717) is 4.70 Å². The highest BCUT2D eigenvalue weighted by molar-refractivity contribution is 7.16. The van der Waals surface area contributed by atoms with Crippen LogP contribution in [0.25, 0.3) is 10.3 Å². The number of hydrogen-bond acceptors (Lipinski definition) is 11. The molecular formula is C18H24N4O7S. The molecule has 3 rings (SSSR count). The van der Waals surface area contributed by atoms with E-state index in [1.807, 2.05) is 0 Å². The molecule has 0 bridgehead atoms. The number of anilines is 1. The molecule has 0 aliphatic carbocycles. The number of ketones is 1. The first kappa shape index (κ1) is 22.3. The maximum atomic E-state index is 12.7. The van der Waals surface area contributed by atoms with Crippen LogP contribution < -0.4 is 10.6 Å². The molecule has 2 aromatic heterocycles. The topological polar surface area (TPSA) is 156 Å². The van der Waals surface area contributed by atoms with Crippen molar-refractivity contribution in [3.05, 3.63) is 15.9 Å². The summed E-state index contributed by atoms with van der Waals surface area (Å²) in [5.41, 5.74) is 4.28. The summed E-state index contributed by atoms with van der Waals surface area (Å²) in [6.07, 6.45) is -1.69. The van der Waals surface area contributed by atoms with Gasteiger partial charge in [0.1, 0.15) is 30.2 Å². The Labute approximate surface area is 175 Å². The minimum absolute atomic E-state index is 0.00421. The molecule has 1 aliphatic rings. The van der Waals surface area contributed by atoms with E-state index in [0.717, 1.165) is 11.3 Å². The quantitative estimate of drug-likeness (QED) is 0.572. The number of carbonyl (C=O) groups is 2. The summed E-state index contributed by atoms with van der Waals surface area (Å²) in [6, 6.07) is 0. The number of fused-ring (bicyclic) bond motifs is 1. The third kappa shape index (κ3) is 4.21. The van der Waals surface area contributed by atoms with Crippen molar-refractivity contribution in [3.63, 3.8) is 0 Å². The molecule has 0 amide bonds. The number of aromatic nitrogens is 3. The van der Waals surface area contributed by atoms with Crippen LogP contribution in [0.15, 0.2) is 11.0 Å². The van der Waals surface area contributed by atoms with Gasteiger partial charge in [-0.3, -0.25) is 19.0 Å². The van der Waals surface area contributed by atoms with Gasteiger partial charge in [-0.05, 0) is 13.8 Å². The van der Waals surface area contributed by atoms with Gasteiger partial charge in [0.15, 0.2) is 11.9 Å². The molecular weight excluding hydrogens is 416 g/mol. The summed E-state index contributed by atoms with van der Waals surface area (Å²) >= 11 is 0.895. The van der Waals surface area contributed by atoms with Gasteiger partial charge in [0.25, 0.3) is 0 Å². The van der Waals surface area contributed by atoms with Gasteiger partial charge in [-0.15, -0.1) is 0 Å². The number of thiazole rings is 1. The highest BCUT2D eigenvalue weighted by Gasteiger charge is 2.55. The van der Waals surface area contributed by atoms with Crippen LogP contribution in [0.1, 0.15) is 33.9 Å². The van der Waals surface area contributed by atoms with Crippen molar-refractivity contribution in [2.24, 2.45) is 5.92 Å². The summed E-state index contributed by atoms with van der Waals surface area (Å²) in [4.78, 5) is 43.2. The van der Waals surface area contributed by atoms with Crippen molar-refractivity contribution in [3.8, 4) is 0 Å². The second kappa shape index (κ2) is 8.38. The second-order valence-corrected chi connectivity index (χ2v) is 8.46. The summed E-state index contributed by atoms with van der Waals surface area (Å²) in [5.74, 6) is -1.08. The van der Waals surface area contributed by atoms with Crippen LogP contribution >= 0.6 is 11.3 Å². The van der Waals surface area contributed by atoms with Crippen LogP contribution in [-0.4, -0.2) is 62.4 Å². The molecule has 1 fully saturated rings. The molecule has 3 heterocycles. The average molecular weight is 440 g/mol. The molecule has 5 atom stereocenters. The van der Waals surface area contributed by atoms with Crippen LogP contribution in [-0.2, 0) is 23.8 Å². The Bertz CT molecular complexity index is 1020. The minimum atomic E-state index is -1.64. The van der Waals surface area contributed by atoms with E-state index in [1.54, 1.807) is 6.92 Å². The molecule has 164 valence electrons. The standard InChI is InChI=1S/C18H24N4O7S/c1-8(9(2)23)6-28-13-15(29-12(18(13,4)26)7-27-10(3)24)22-14-11(30-17(22)25)5-20-16(19)21-14/h5,8,12-13,15,26H,6-7H2,1-4H3,(H2,19,20,21)/t8?,12-,13+,15-,18-/m1/s1. The van der Waals surface area contributed by atoms with Crippen molar-refractivity contribution in [1.29, 1.82) is 0 Å². The summed E-state index contributed by atoms with van der Waals surface area (Å²) in [5, 5.41) is 11.2. The van der Waals surface area contributed by atoms with Gasteiger partial charge in [0.05, 0.1) is 17.5 Å². The zero-order valence-electron chi connectivity index (χ0n) is 17.0. The Hall–Kier alpha value is -2.41. The van der Waals surface area contributed by atoms with Gasteiger partial charge in [-0.1, -0.05) is 18.3 Å². The number of nitrogens with two attached hydrogens (primary N) is 1. The van der Waals surface area contributed by atoms with Crippen LogP contribution in [0.4, 0.5) is 5.95 Å². The normalized spacial score (nSPS) is 27.3.